The largest absolute Gasteiger partial charge is 0.331 e. The summed E-state index contributed by atoms with van der Waals surface area (Å²) in [6.07, 6.45) is 8.16. The number of nitroso groups, excluding NO2 is 1. The average molecular weight is 407 g/mol. The van der Waals surface area contributed by atoms with E-state index in [1.54, 1.807) is 23.0 Å². The monoisotopic (exact) mass is 407 g/mol. The van der Waals surface area contributed by atoms with Gasteiger partial charge >= 0.3 is 5.69 Å². The van der Waals surface area contributed by atoms with E-state index < -0.39 is 11.2 Å². The summed E-state index contributed by atoms with van der Waals surface area (Å²) in [5, 5.41) is 7.30. The van der Waals surface area contributed by atoms with E-state index in [-0.39, 0.29) is 17.9 Å². The van der Waals surface area contributed by atoms with Crippen LogP contribution in [0.1, 0.15) is 43.5 Å². The smallest absolute Gasteiger partial charge is 0.291 e. The van der Waals surface area contributed by atoms with Gasteiger partial charge in [-0.2, -0.15) is 5.10 Å². The molecule has 8 heteroatoms. The highest BCUT2D eigenvalue weighted by molar-refractivity contribution is 5.72. The molecule has 0 saturated heterocycles. The first kappa shape index (κ1) is 21.2. The van der Waals surface area contributed by atoms with Gasteiger partial charge in [-0.25, -0.2) is 4.79 Å². The maximum absolute atomic E-state index is 12.8. The minimum atomic E-state index is -0.649. The van der Waals surface area contributed by atoms with Gasteiger partial charge in [0.2, 0.25) is 0 Å². The fraction of sp³-hybridized carbons (Fsp3) is 0.318. The molecule has 0 fully saturated rings. The zero-order valence-electron chi connectivity index (χ0n) is 17.2. The molecule has 0 saturated carbocycles. The zero-order valence-corrected chi connectivity index (χ0v) is 17.2. The SMILES string of the molecule is CCCn1c(/C=C/c2cnn(Cc3ccccc3)c2)c(N=O)c(=O)n(CCC)c1=O. The molecule has 0 spiro atoms. The highest BCUT2D eigenvalue weighted by Crippen LogP contribution is 2.17. The second-order valence-electron chi connectivity index (χ2n) is 7.01. The standard InChI is InChI=1S/C22H25N5O3/c1-3-12-26-19(20(24-30)21(28)27(13-4-2)22(26)29)11-10-18-14-23-25(16-18)15-17-8-6-5-7-9-17/h5-11,14,16H,3-4,12-13,15H2,1-2H3/b11-10+. The van der Waals surface area contributed by atoms with Gasteiger partial charge in [-0.3, -0.25) is 18.6 Å². The Balaban J connectivity index is 1.97. The zero-order chi connectivity index (χ0) is 21.5. The maximum atomic E-state index is 12.8. The molecular weight excluding hydrogens is 382 g/mol. The lowest BCUT2D eigenvalue weighted by Gasteiger charge is -2.13. The summed E-state index contributed by atoms with van der Waals surface area (Å²) in [7, 11) is 0. The normalized spacial score (nSPS) is 11.3. The third-order valence-corrected chi connectivity index (χ3v) is 4.70. The molecule has 156 valence electrons. The van der Waals surface area contributed by atoms with Crippen LogP contribution in [0.25, 0.3) is 12.2 Å². The van der Waals surface area contributed by atoms with Gasteiger partial charge in [-0.05, 0) is 35.7 Å². The average Bonchev–Trinajstić information content (AvgIpc) is 3.20. The van der Waals surface area contributed by atoms with E-state index in [2.05, 4.69) is 10.3 Å². The molecule has 0 aliphatic rings. The molecule has 8 nitrogen and oxygen atoms in total. The topological polar surface area (TPSA) is 91.2 Å². The highest BCUT2D eigenvalue weighted by Gasteiger charge is 2.17. The fourth-order valence-corrected chi connectivity index (χ4v) is 3.31. The van der Waals surface area contributed by atoms with Gasteiger partial charge in [-0.1, -0.05) is 44.2 Å². The Labute approximate surface area is 174 Å². The molecule has 0 aliphatic heterocycles. The number of rotatable bonds is 9. The molecule has 2 aromatic heterocycles. The Bertz CT molecular complexity index is 1160. The van der Waals surface area contributed by atoms with Crippen molar-refractivity contribution in [2.45, 2.75) is 46.3 Å². The Morgan fingerprint density at radius 1 is 1.00 bits per heavy atom. The lowest BCUT2D eigenvalue weighted by Crippen LogP contribution is -2.40. The van der Waals surface area contributed by atoms with Crippen molar-refractivity contribution in [2.75, 3.05) is 0 Å². The van der Waals surface area contributed by atoms with Crippen LogP contribution in [-0.2, 0) is 19.6 Å². The molecular formula is C22H25N5O3. The molecule has 3 rings (SSSR count). The number of benzene rings is 1. The Kier molecular flexibility index (Phi) is 6.90. The van der Waals surface area contributed by atoms with Crippen molar-refractivity contribution in [3.05, 3.63) is 85.3 Å². The molecule has 0 N–H and O–H groups in total. The van der Waals surface area contributed by atoms with Gasteiger partial charge in [0, 0.05) is 24.8 Å². The van der Waals surface area contributed by atoms with E-state index in [0.717, 1.165) is 15.7 Å². The minimum absolute atomic E-state index is 0.227. The summed E-state index contributed by atoms with van der Waals surface area (Å²) in [5.74, 6) is 0. The number of hydrogen-bond acceptors (Lipinski definition) is 5. The molecule has 30 heavy (non-hydrogen) atoms. The second-order valence-corrected chi connectivity index (χ2v) is 7.01. The van der Waals surface area contributed by atoms with Crippen LogP contribution in [0.15, 0.2) is 57.5 Å². The Morgan fingerprint density at radius 3 is 2.37 bits per heavy atom. The van der Waals surface area contributed by atoms with Gasteiger partial charge in [0.25, 0.3) is 5.56 Å². The van der Waals surface area contributed by atoms with Crippen molar-refractivity contribution in [1.82, 2.24) is 18.9 Å². The van der Waals surface area contributed by atoms with Gasteiger partial charge in [-0.15, -0.1) is 4.91 Å². The molecule has 0 bridgehead atoms. The van der Waals surface area contributed by atoms with E-state index in [1.807, 2.05) is 50.4 Å². The third kappa shape index (κ3) is 4.53. The van der Waals surface area contributed by atoms with Crippen molar-refractivity contribution in [3.63, 3.8) is 0 Å². The molecule has 0 atom stereocenters. The predicted molar refractivity (Wildman–Crippen MR) is 118 cm³/mol. The minimum Gasteiger partial charge on any atom is -0.291 e. The van der Waals surface area contributed by atoms with E-state index in [9.17, 15) is 14.5 Å². The Morgan fingerprint density at radius 2 is 1.70 bits per heavy atom. The second kappa shape index (κ2) is 9.78. The molecule has 0 unspecified atom stereocenters. The van der Waals surface area contributed by atoms with Crippen molar-refractivity contribution in [1.29, 1.82) is 0 Å². The van der Waals surface area contributed by atoms with Crippen LogP contribution in [0.3, 0.4) is 0 Å². The van der Waals surface area contributed by atoms with E-state index in [0.29, 0.717) is 25.9 Å². The predicted octanol–water partition coefficient (Wildman–Crippen LogP) is 3.64. The molecule has 0 aliphatic carbocycles. The van der Waals surface area contributed by atoms with Gasteiger partial charge in [0.15, 0.2) is 5.69 Å². The number of nitrogens with zero attached hydrogens (tertiary/aromatic N) is 5. The number of aromatic nitrogens is 4. The van der Waals surface area contributed by atoms with Gasteiger partial charge in [0.05, 0.1) is 18.4 Å². The molecule has 3 aromatic rings. The molecule has 0 radical (unpaired) electrons. The maximum Gasteiger partial charge on any atom is 0.331 e. The van der Waals surface area contributed by atoms with Gasteiger partial charge < -0.3 is 0 Å². The molecule has 2 heterocycles. The quantitative estimate of drug-likeness (QED) is 0.506. The summed E-state index contributed by atoms with van der Waals surface area (Å²) >= 11 is 0. The third-order valence-electron chi connectivity index (χ3n) is 4.70. The summed E-state index contributed by atoms with van der Waals surface area (Å²) in [4.78, 5) is 36.9. The van der Waals surface area contributed by atoms with Crippen LogP contribution in [0.2, 0.25) is 0 Å². The molecule has 0 amide bonds. The summed E-state index contributed by atoms with van der Waals surface area (Å²) < 4.78 is 4.33. The van der Waals surface area contributed by atoms with Crippen LogP contribution in [0.5, 0.6) is 0 Å². The lowest BCUT2D eigenvalue weighted by atomic mass is 10.2. The van der Waals surface area contributed by atoms with Crippen molar-refractivity contribution < 1.29 is 0 Å². The van der Waals surface area contributed by atoms with E-state index in [1.165, 1.54) is 4.57 Å². The van der Waals surface area contributed by atoms with Crippen molar-refractivity contribution >= 4 is 17.8 Å². The first-order valence-corrected chi connectivity index (χ1v) is 10.0. The lowest BCUT2D eigenvalue weighted by molar-refractivity contribution is 0.538. The highest BCUT2D eigenvalue weighted by atomic mass is 16.3. The van der Waals surface area contributed by atoms with E-state index in [4.69, 9.17) is 0 Å². The first-order chi connectivity index (χ1) is 14.6. The van der Waals surface area contributed by atoms with E-state index >= 15 is 0 Å². The van der Waals surface area contributed by atoms with Crippen LogP contribution < -0.4 is 11.2 Å². The van der Waals surface area contributed by atoms with Crippen LogP contribution in [0.4, 0.5) is 5.69 Å². The molecule has 1 aromatic carbocycles. The van der Waals surface area contributed by atoms with Gasteiger partial charge in [0.1, 0.15) is 0 Å². The summed E-state index contributed by atoms with van der Waals surface area (Å²) in [5.41, 5.74) is 0.824. The summed E-state index contributed by atoms with van der Waals surface area (Å²) in [6.45, 7) is 5.06. The number of hydrogen-bond donors (Lipinski definition) is 0. The first-order valence-electron chi connectivity index (χ1n) is 10.0. The summed E-state index contributed by atoms with van der Waals surface area (Å²) in [6, 6.07) is 9.95. The van der Waals surface area contributed by atoms with Crippen LogP contribution >= 0.6 is 0 Å². The van der Waals surface area contributed by atoms with Crippen molar-refractivity contribution in [2.24, 2.45) is 5.18 Å². The van der Waals surface area contributed by atoms with Crippen molar-refractivity contribution in [3.8, 4) is 0 Å². The van der Waals surface area contributed by atoms with Crippen LogP contribution in [0, 0.1) is 4.91 Å². The Hall–Kier alpha value is -3.55. The fourth-order valence-electron chi connectivity index (χ4n) is 3.31. The van der Waals surface area contributed by atoms with Crippen LogP contribution in [-0.4, -0.2) is 18.9 Å².